The second-order valence-electron chi connectivity index (χ2n) is 5.65. The Morgan fingerprint density at radius 1 is 1.28 bits per heavy atom. The first-order chi connectivity index (χ1) is 8.71. The highest BCUT2D eigenvalue weighted by Gasteiger charge is 2.27. The molecule has 3 nitrogen and oxygen atoms in total. The van der Waals surface area contributed by atoms with Gasteiger partial charge < -0.3 is 15.0 Å². The standard InChI is InChI=1S/C15H32N2O/c1-5-8-16-14(11-13(6-2)7-3)15-12-17(4)9-10-18-15/h13-16H,5-12H2,1-4H3. The summed E-state index contributed by atoms with van der Waals surface area (Å²) in [5.74, 6) is 0.829. The Morgan fingerprint density at radius 2 is 2.00 bits per heavy atom. The van der Waals surface area contributed by atoms with Crippen LogP contribution in [-0.4, -0.2) is 50.3 Å². The molecule has 0 aromatic carbocycles. The van der Waals surface area contributed by atoms with Crippen molar-refractivity contribution in [2.45, 2.75) is 58.6 Å². The van der Waals surface area contributed by atoms with Crippen LogP contribution in [0.4, 0.5) is 0 Å². The van der Waals surface area contributed by atoms with Crippen molar-refractivity contribution in [3.63, 3.8) is 0 Å². The molecule has 1 heterocycles. The SMILES string of the molecule is CCCNC(CC(CC)CC)C1CN(C)CCO1. The molecule has 108 valence electrons. The fourth-order valence-corrected chi connectivity index (χ4v) is 2.73. The maximum atomic E-state index is 5.99. The molecule has 2 unspecified atom stereocenters. The largest absolute Gasteiger partial charge is 0.374 e. The Kier molecular flexibility index (Phi) is 7.87. The van der Waals surface area contributed by atoms with Crippen LogP contribution in [0.2, 0.25) is 0 Å². The van der Waals surface area contributed by atoms with E-state index in [1.54, 1.807) is 0 Å². The summed E-state index contributed by atoms with van der Waals surface area (Å²) in [4.78, 5) is 2.39. The molecule has 1 N–H and O–H groups in total. The lowest BCUT2D eigenvalue weighted by Gasteiger charge is -2.37. The van der Waals surface area contributed by atoms with Crippen LogP contribution < -0.4 is 5.32 Å². The normalized spacial score (nSPS) is 23.5. The summed E-state index contributed by atoms with van der Waals surface area (Å²) in [7, 11) is 2.20. The summed E-state index contributed by atoms with van der Waals surface area (Å²) in [6.45, 7) is 11.0. The van der Waals surface area contributed by atoms with E-state index in [9.17, 15) is 0 Å². The Balaban J connectivity index is 2.52. The van der Waals surface area contributed by atoms with Gasteiger partial charge >= 0.3 is 0 Å². The van der Waals surface area contributed by atoms with Gasteiger partial charge in [-0.3, -0.25) is 0 Å². The van der Waals surface area contributed by atoms with E-state index in [1.165, 1.54) is 25.7 Å². The van der Waals surface area contributed by atoms with Gasteiger partial charge in [-0.25, -0.2) is 0 Å². The fourth-order valence-electron chi connectivity index (χ4n) is 2.73. The number of rotatable bonds is 8. The molecule has 0 aromatic heterocycles. The lowest BCUT2D eigenvalue weighted by molar-refractivity contribution is -0.0425. The molecule has 1 aliphatic heterocycles. The lowest BCUT2D eigenvalue weighted by atomic mass is 9.91. The second-order valence-corrected chi connectivity index (χ2v) is 5.65. The van der Waals surface area contributed by atoms with Gasteiger partial charge in [-0.05, 0) is 32.4 Å². The van der Waals surface area contributed by atoms with Gasteiger partial charge in [-0.1, -0.05) is 33.6 Å². The number of nitrogens with zero attached hydrogens (tertiary/aromatic N) is 1. The predicted molar refractivity (Wildman–Crippen MR) is 78.0 cm³/mol. The summed E-state index contributed by atoms with van der Waals surface area (Å²) in [5, 5.41) is 3.71. The summed E-state index contributed by atoms with van der Waals surface area (Å²) in [6.07, 6.45) is 5.39. The molecule has 1 rings (SSSR count). The van der Waals surface area contributed by atoms with Crippen molar-refractivity contribution in [3.8, 4) is 0 Å². The van der Waals surface area contributed by atoms with E-state index in [0.717, 1.165) is 32.2 Å². The highest BCUT2D eigenvalue weighted by atomic mass is 16.5. The maximum absolute atomic E-state index is 5.99. The highest BCUT2D eigenvalue weighted by Crippen LogP contribution is 2.20. The minimum absolute atomic E-state index is 0.371. The molecule has 1 saturated heterocycles. The molecule has 0 aliphatic carbocycles. The quantitative estimate of drug-likeness (QED) is 0.722. The van der Waals surface area contributed by atoms with Crippen molar-refractivity contribution in [1.29, 1.82) is 0 Å². The summed E-state index contributed by atoms with van der Waals surface area (Å²) >= 11 is 0. The average Bonchev–Trinajstić information content (AvgIpc) is 2.39. The average molecular weight is 256 g/mol. The van der Waals surface area contributed by atoms with Crippen LogP contribution in [0, 0.1) is 5.92 Å². The van der Waals surface area contributed by atoms with Gasteiger partial charge in [0.25, 0.3) is 0 Å². The Bertz CT molecular complexity index is 207. The molecule has 3 heteroatoms. The second kappa shape index (κ2) is 8.89. The van der Waals surface area contributed by atoms with E-state index in [2.05, 4.69) is 38.0 Å². The van der Waals surface area contributed by atoms with Crippen LogP contribution in [0.3, 0.4) is 0 Å². The number of morpholine rings is 1. The summed E-state index contributed by atoms with van der Waals surface area (Å²) < 4.78 is 5.99. The molecule has 2 atom stereocenters. The van der Waals surface area contributed by atoms with E-state index >= 15 is 0 Å². The molecular formula is C15H32N2O. The smallest absolute Gasteiger partial charge is 0.0855 e. The van der Waals surface area contributed by atoms with Gasteiger partial charge in [0, 0.05) is 19.1 Å². The topological polar surface area (TPSA) is 24.5 Å². The van der Waals surface area contributed by atoms with Crippen molar-refractivity contribution in [3.05, 3.63) is 0 Å². The Hall–Kier alpha value is -0.120. The molecule has 1 fully saturated rings. The third kappa shape index (κ3) is 5.25. The zero-order valence-corrected chi connectivity index (χ0v) is 12.7. The third-order valence-corrected chi connectivity index (χ3v) is 4.14. The summed E-state index contributed by atoms with van der Waals surface area (Å²) in [5.41, 5.74) is 0. The van der Waals surface area contributed by atoms with Crippen LogP contribution in [-0.2, 0) is 4.74 Å². The van der Waals surface area contributed by atoms with E-state index in [-0.39, 0.29) is 0 Å². The van der Waals surface area contributed by atoms with Crippen LogP contribution >= 0.6 is 0 Å². The first kappa shape index (κ1) is 15.9. The van der Waals surface area contributed by atoms with Gasteiger partial charge in [-0.2, -0.15) is 0 Å². The zero-order chi connectivity index (χ0) is 13.4. The number of likely N-dealkylation sites (N-methyl/N-ethyl adjacent to an activating group) is 1. The first-order valence-electron chi connectivity index (χ1n) is 7.74. The van der Waals surface area contributed by atoms with Crippen LogP contribution in [0.5, 0.6) is 0 Å². The van der Waals surface area contributed by atoms with Gasteiger partial charge in [0.15, 0.2) is 0 Å². The molecule has 0 spiro atoms. The zero-order valence-electron chi connectivity index (χ0n) is 12.7. The van der Waals surface area contributed by atoms with Crippen LogP contribution in [0.15, 0.2) is 0 Å². The molecular weight excluding hydrogens is 224 g/mol. The van der Waals surface area contributed by atoms with E-state index in [1.807, 2.05) is 0 Å². The van der Waals surface area contributed by atoms with Crippen molar-refractivity contribution in [1.82, 2.24) is 10.2 Å². The fraction of sp³-hybridized carbons (Fsp3) is 1.00. The minimum Gasteiger partial charge on any atom is -0.374 e. The number of nitrogens with one attached hydrogen (secondary N) is 1. The van der Waals surface area contributed by atoms with E-state index in [0.29, 0.717) is 12.1 Å². The number of ether oxygens (including phenoxy) is 1. The van der Waals surface area contributed by atoms with Gasteiger partial charge in [0.05, 0.1) is 12.7 Å². The monoisotopic (exact) mass is 256 g/mol. The first-order valence-corrected chi connectivity index (χ1v) is 7.74. The predicted octanol–water partition coefficient (Wildman–Crippen LogP) is 2.51. The van der Waals surface area contributed by atoms with Gasteiger partial charge in [0.1, 0.15) is 0 Å². The van der Waals surface area contributed by atoms with Crippen molar-refractivity contribution >= 4 is 0 Å². The maximum Gasteiger partial charge on any atom is 0.0855 e. The van der Waals surface area contributed by atoms with E-state index in [4.69, 9.17) is 4.74 Å². The van der Waals surface area contributed by atoms with Gasteiger partial charge in [0.2, 0.25) is 0 Å². The molecule has 0 aromatic rings. The number of hydrogen-bond acceptors (Lipinski definition) is 3. The van der Waals surface area contributed by atoms with Crippen molar-refractivity contribution in [2.75, 3.05) is 33.3 Å². The Labute approximate surface area is 113 Å². The summed E-state index contributed by atoms with van der Waals surface area (Å²) in [6, 6.07) is 0.526. The highest BCUT2D eigenvalue weighted by molar-refractivity contribution is 4.83. The molecule has 0 amide bonds. The lowest BCUT2D eigenvalue weighted by Crippen LogP contribution is -2.52. The molecule has 0 radical (unpaired) electrons. The van der Waals surface area contributed by atoms with Gasteiger partial charge in [-0.15, -0.1) is 0 Å². The van der Waals surface area contributed by atoms with Crippen LogP contribution in [0.1, 0.15) is 46.5 Å². The van der Waals surface area contributed by atoms with Crippen LogP contribution in [0.25, 0.3) is 0 Å². The van der Waals surface area contributed by atoms with E-state index < -0.39 is 0 Å². The minimum atomic E-state index is 0.371. The molecule has 1 aliphatic rings. The molecule has 0 bridgehead atoms. The molecule has 0 saturated carbocycles. The molecule has 18 heavy (non-hydrogen) atoms. The third-order valence-electron chi connectivity index (χ3n) is 4.14. The number of hydrogen-bond donors (Lipinski definition) is 1. The van der Waals surface area contributed by atoms with Crippen molar-refractivity contribution in [2.24, 2.45) is 5.92 Å². The Morgan fingerprint density at radius 3 is 2.56 bits per heavy atom. The van der Waals surface area contributed by atoms with Crippen molar-refractivity contribution < 1.29 is 4.74 Å².